The van der Waals surface area contributed by atoms with Gasteiger partial charge >= 0.3 is 0 Å². The summed E-state index contributed by atoms with van der Waals surface area (Å²) in [6.07, 6.45) is 2.80. The predicted octanol–water partition coefficient (Wildman–Crippen LogP) is 3.37. The monoisotopic (exact) mass is 238 g/mol. The molecule has 0 aliphatic carbocycles. The molecule has 5 heteroatoms. The Balaban J connectivity index is 2.24. The molecule has 2 aromatic rings. The third-order valence-electron chi connectivity index (χ3n) is 1.95. The van der Waals surface area contributed by atoms with Gasteiger partial charge in [-0.25, -0.2) is 4.39 Å². The van der Waals surface area contributed by atoms with Gasteiger partial charge in [-0.2, -0.15) is 4.98 Å². The molecule has 16 heavy (non-hydrogen) atoms. The molecule has 0 unspecified atom stereocenters. The summed E-state index contributed by atoms with van der Waals surface area (Å²) in [5.41, 5.74) is 0.560. The van der Waals surface area contributed by atoms with Crippen molar-refractivity contribution in [1.82, 2.24) is 9.97 Å². The van der Waals surface area contributed by atoms with Crippen LogP contribution >= 0.6 is 11.6 Å². The van der Waals surface area contributed by atoms with Crippen LogP contribution in [0.3, 0.4) is 0 Å². The van der Waals surface area contributed by atoms with Crippen molar-refractivity contribution < 1.29 is 9.13 Å². The van der Waals surface area contributed by atoms with Gasteiger partial charge in [-0.05, 0) is 18.6 Å². The van der Waals surface area contributed by atoms with Gasteiger partial charge in [0.05, 0.1) is 12.4 Å². The summed E-state index contributed by atoms with van der Waals surface area (Å²) >= 11 is 5.64. The quantitative estimate of drug-likeness (QED) is 0.805. The zero-order chi connectivity index (χ0) is 11.5. The minimum atomic E-state index is -0.326. The molecule has 0 amide bonds. The average Bonchev–Trinajstić information content (AvgIpc) is 2.24. The zero-order valence-electron chi connectivity index (χ0n) is 8.45. The van der Waals surface area contributed by atoms with E-state index >= 15 is 0 Å². The fourth-order valence-electron chi connectivity index (χ4n) is 1.13. The highest BCUT2D eigenvalue weighted by Crippen LogP contribution is 2.21. The lowest BCUT2D eigenvalue weighted by Gasteiger charge is -2.05. The van der Waals surface area contributed by atoms with Crippen LogP contribution in [0.1, 0.15) is 5.56 Å². The van der Waals surface area contributed by atoms with Crippen molar-refractivity contribution in [2.45, 2.75) is 6.92 Å². The lowest BCUT2D eigenvalue weighted by Crippen LogP contribution is -1.91. The third kappa shape index (κ3) is 2.46. The molecule has 0 spiro atoms. The summed E-state index contributed by atoms with van der Waals surface area (Å²) in [5, 5.41) is 0.227. The summed E-state index contributed by atoms with van der Waals surface area (Å²) in [6.45, 7) is 1.68. The zero-order valence-corrected chi connectivity index (χ0v) is 9.20. The minimum absolute atomic E-state index is 0.227. The second kappa shape index (κ2) is 4.45. The number of hydrogen-bond acceptors (Lipinski definition) is 3. The van der Waals surface area contributed by atoms with Crippen LogP contribution in [-0.4, -0.2) is 9.97 Å². The SMILES string of the molecule is Cc1ccc(Oc2cncc(Cl)n2)cc1F. The van der Waals surface area contributed by atoms with Crippen LogP contribution in [0.4, 0.5) is 4.39 Å². The van der Waals surface area contributed by atoms with Gasteiger partial charge in [0.15, 0.2) is 5.15 Å². The van der Waals surface area contributed by atoms with E-state index in [9.17, 15) is 4.39 Å². The number of aryl methyl sites for hydroxylation is 1. The molecule has 0 aliphatic heterocycles. The smallest absolute Gasteiger partial charge is 0.239 e. The van der Waals surface area contributed by atoms with Gasteiger partial charge in [-0.15, -0.1) is 0 Å². The second-order valence-corrected chi connectivity index (χ2v) is 3.58. The van der Waals surface area contributed by atoms with E-state index in [1.54, 1.807) is 19.1 Å². The fraction of sp³-hybridized carbons (Fsp3) is 0.0909. The molecule has 0 N–H and O–H groups in total. The third-order valence-corrected chi connectivity index (χ3v) is 2.13. The molecule has 0 bridgehead atoms. The number of halogens is 2. The maximum Gasteiger partial charge on any atom is 0.239 e. The van der Waals surface area contributed by atoms with E-state index in [-0.39, 0.29) is 16.9 Å². The Labute approximate surface area is 96.9 Å². The summed E-state index contributed by atoms with van der Waals surface area (Å²) in [7, 11) is 0. The van der Waals surface area contributed by atoms with Crippen molar-refractivity contribution in [3.05, 3.63) is 47.1 Å². The van der Waals surface area contributed by atoms with E-state index in [1.807, 2.05) is 0 Å². The summed E-state index contributed by atoms with van der Waals surface area (Å²) in [4.78, 5) is 7.69. The average molecular weight is 239 g/mol. The van der Waals surface area contributed by atoms with Crippen molar-refractivity contribution >= 4 is 11.6 Å². The molecule has 3 nitrogen and oxygen atoms in total. The van der Waals surface area contributed by atoms with Gasteiger partial charge in [0.2, 0.25) is 5.88 Å². The lowest BCUT2D eigenvalue weighted by atomic mass is 10.2. The first-order chi connectivity index (χ1) is 7.65. The largest absolute Gasteiger partial charge is 0.437 e. The van der Waals surface area contributed by atoms with Crippen molar-refractivity contribution in [3.8, 4) is 11.6 Å². The fourth-order valence-corrected chi connectivity index (χ4v) is 1.27. The van der Waals surface area contributed by atoms with Gasteiger partial charge < -0.3 is 4.74 Å². The number of ether oxygens (including phenoxy) is 1. The number of nitrogens with zero attached hydrogens (tertiary/aromatic N) is 2. The highest BCUT2D eigenvalue weighted by atomic mass is 35.5. The molecule has 0 aliphatic rings. The molecule has 0 saturated carbocycles. The maximum atomic E-state index is 13.2. The van der Waals surface area contributed by atoms with Crippen LogP contribution in [0.2, 0.25) is 5.15 Å². The van der Waals surface area contributed by atoms with Gasteiger partial charge in [0.1, 0.15) is 11.6 Å². The lowest BCUT2D eigenvalue weighted by molar-refractivity contribution is 0.455. The Morgan fingerprint density at radius 3 is 2.81 bits per heavy atom. The van der Waals surface area contributed by atoms with E-state index in [1.165, 1.54) is 18.5 Å². The minimum Gasteiger partial charge on any atom is -0.437 e. The molecular formula is C11H8ClFN2O. The number of aromatic nitrogens is 2. The Kier molecular flexibility index (Phi) is 3.01. The Hall–Kier alpha value is -1.68. The van der Waals surface area contributed by atoms with Crippen molar-refractivity contribution in [3.63, 3.8) is 0 Å². The van der Waals surface area contributed by atoms with Crippen LogP contribution < -0.4 is 4.74 Å². The molecule has 1 aromatic carbocycles. The Morgan fingerprint density at radius 1 is 1.31 bits per heavy atom. The topological polar surface area (TPSA) is 35.0 Å². The van der Waals surface area contributed by atoms with Crippen LogP contribution in [0.25, 0.3) is 0 Å². The molecule has 0 radical (unpaired) electrons. The molecule has 82 valence electrons. The van der Waals surface area contributed by atoms with Gasteiger partial charge in [0, 0.05) is 6.07 Å². The van der Waals surface area contributed by atoms with Crippen LogP contribution in [0, 0.1) is 12.7 Å². The first kappa shape index (κ1) is 10.8. The van der Waals surface area contributed by atoms with Gasteiger partial charge in [0.25, 0.3) is 0 Å². The summed E-state index contributed by atoms with van der Waals surface area (Å²) in [6, 6.07) is 4.57. The molecule has 2 rings (SSSR count). The van der Waals surface area contributed by atoms with Crippen molar-refractivity contribution in [2.75, 3.05) is 0 Å². The molecule has 0 fully saturated rings. The van der Waals surface area contributed by atoms with Gasteiger partial charge in [-0.1, -0.05) is 17.7 Å². The van der Waals surface area contributed by atoms with Crippen LogP contribution in [0.5, 0.6) is 11.6 Å². The standard InChI is InChI=1S/C11H8ClFN2O/c1-7-2-3-8(4-9(7)13)16-11-6-14-5-10(12)15-11/h2-6H,1H3. The molecule has 1 heterocycles. The normalized spacial score (nSPS) is 10.2. The molecule has 0 atom stereocenters. The predicted molar refractivity (Wildman–Crippen MR) is 58.3 cm³/mol. The Morgan fingerprint density at radius 2 is 2.12 bits per heavy atom. The first-order valence-electron chi connectivity index (χ1n) is 4.57. The van der Waals surface area contributed by atoms with Crippen LogP contribution in [-0.2, 0) is 0 Å². The Bertz CT molecular complexity index is 519. The van der Waals surface area contributed by atoms with E-state index in [2.05, 4.69) is 9.97 Å². The molecule has 0 saturated heterocycles. The van der Waals surface area contributed by atoms with E-state index in [0.29, 0.717) is 11.3 Å². The number of hydrogen-bond donors (Lipinski definition) is 0. The highest BCUT2D eigenvalue weighted by Gasteiger charge is 2.03. The number of benzene rings is 1. The molecular weight excluding hydrogens is 231 g/mol. The van der Waals surface area contributed by atoms with E-state index < -0.39 is 0 Å². The molecule has 1 aromatic heterocycles. The van der Waals surface area contributed by atoms with Crippen molar-refractivity contribution in [2.24, 2.45) is 0 Å². The van der Waals surface area contributed by atoms with E-state index in [4.69, 9.17) is 16.3 Å². The van der Waals surface area contributed by atoms with E-state index in [0.717, 1.165) is 0 Å². The van der Waals surface area contributed by atoms with Gasteiger partial charge in [-0.3, -0.25) is 4.98 Å². The summed E-state index contributed by atoms with van der Waals surface area (Å²) in [5.74, 6) is 0.267. The first-order valence-corrected chi connectivity index (χ1v) is 4.94. The summed E-state index contributed by atoms with van der Waals surface area (Å²) < 4.78 is 18.5. The van der Waals surface area contributed by atoms with Crippen molar-refractivity contribution in [1.29, 1.82) is 0 Å². The number of rotatable bonds is 2. The maximum absolute atomic E-state index is 13.2. The highest BCUT2D eigenvalue weighted by molar-refractivity contribution is 6.29. The second-order valence-electron chi connectivity index (χ2n) is 3.19. The van der Waals surface area contributed by atoms with Crippen LogP contribution in [0.15, 0.2) is 30.6 Å².